The van der Waals surface area contributed by atoms with Crippen LogP contribution in [0.15, 0.2) is 77.8 Å². The van der Waals surface area contributed by atoms with Gasteiger partial charge in [-0.25, -0.2) is 10.0 Å². The van der Waals surface area contributed by atoms with Crippen molar-refractivity contribution in [1.29, 1.82) is 5.26 Å². The van der Waals surface area contributed by atoms with Crippen molar-refractivity contribution in [3.63, 3.8) is 0 Å². The summed E-state index contributed by atoms with van der Waals surface area (Å²) in [6, 6.07) is 24.3. The zero-order valence-corrected chi connectivity index (χ0v) is 20.6. The lowest BCUT2D eigenvalue weighted by Crippen LogP contribution is -2.41. The van der Waals surface area contributed by atoms with Crippen LogP contribution < -0.4 is 10.7 Å². The van der Waals surface area contributed by atoms with E-state index in [2.05, 4.69) is 16.8 Å². The predicted octanol–water partition coefficient (Wildman–Crippen LogP) is 5.64. The lowest BCUT2D eigenvalue weighted by Gasteiger charge is -2.24. The summed E-state index contributed by atoms with van der Waals surface area (Å²) >= 11 is 6.16. The lowest BCUT2D eigenvalue weighted by atomic mass is 10.0. The Hall–Kier alpha value is -4.15. The molecule has 0 saturated carbocycles. The minimum absolute atomic E-state index is 0.314. The van der Waals surface area contributed by atoms with Crippen molar-refractivity contribution in [3.8, 4) is 6.07 Å². The number of nitrogens with zero attached hydrogens (tertiary/aromatic N) is 3. The minimum atomic E-state index is -0.388. The number of nitrogens with one attached hydrogen (secondary N) is 2. The zero-order chi connectivity index (χ0) is 25.5. The van der Waals surface area contributed by atoms with Gasteiger partial charge in [-0.3, -0.25) is 15.0 Å². The highest BCUT2D eigenvalue weighted by Gasteiger charge is 2.34. The summed E-state index contributed by atoms with van der Waals surface area (Å²) in [4.78, 5) is 30.6. The maximum Gasteiger partial charge on any atom is 0.250 e. The van der Waals surface area contributed by atoms with Gasteiger partial charge in [0.15, 0.2) is 0 Å². The number of rotatable bonds is 7. The molecule has 3 aromatic rings. The molecule has 4 rings (SSSR count). The Bertz CT molecular complexity index is 1330. The molecule has 3 aromatic carbocycles. The van der Waals surface area contributed by atoms with E-state index in [9.17, 15) is 9.59 Å². The van der Waals surface area contributed by atoms with E-state index in [1.807, 2.05) is 55.5 Å². The Morgan fingerprint density at radius 3 is 2.69 bits per heavy atom. The van der Waals surface area contributed by atoms with Gasteiger partial charge in [0, 0.05) is 23.6 Å². The molecule has 0 aromatic heterocycles. The molecule has 1 aliphatic rings. The monoisotopic (exact) mass is 499 g/mol. The van der Waals surface area contributed by atoms with Crippen LogP contribution in [0.2, 0.25) is 5.02 Å². The van der Waals surface area contributed by atoms with Gasteiger partial charge in [0.25, 0.3) is 5.91 Å². The molecule has 0 radical (unpaired) electrons. The van der Waals surface area contributed by atoms with Crippen molar-refractivity contribution in [2.75, 3.05) is 5.32 Å². The maximum absolute atomic E-state index is 13.2. The van der Waals surface area contributed by atoms with Crippen LogP contribution in [0, 0.1) is 18.3 Å². The topological polar surface area (TPSA) is 97.6 Å². The first kappa shape index (κ1) is 25.0. The van der Waals surface area contributed by atoms with Crippen molar-refractivity contribution in [1.82, 2.24) is 10.4 Å². The number of benzene rings is 3. The van der Waals surface area contributed by atoms with Crippen LogP contribution in [0.1, 0.15) is 42.0 Å². The van der Waals surface area contributed by atoms with E-state index in [1.165, 1.54) is 5.01 Å². The smallest absolute Gasteiger partial charge is 0.250 e. The fourth-order valence-electron chi connectivity index (χ4n) is 4.14. The van der Waals surface area contributed by atoms with E-state index in [0.29, 0.717) is 41.5 Å². The molecule has 1 saturated heterocycles. The van der Waals surface area contributed by atoms with Gasteiger partial charge in [0.1, 0.15) is 12.3 Å². The summed E-state index contributed by atoms with van der Waals surface area (Å²) in [5.74, 6) is -0.155. The number of anilines is 1. The first-order valence-corrected chi connectivity index (χ1v) is 12.0. The molecule has 1 unspecified atom stereocenters. The number of halogens is 1. The third-order valence-electron chi connectivity index (χ3n) is 5.82. The van der Waals surface area contributed by atoms with E-state index in [0.717, 1.165) is 16.7 Å². The molecule has 2 amide bonds. The molecule has 7 nitrogen and oxygen atoms in total. The van der Waals surface area contributed by atoms with Crippen LogP contribution in [-0.4, -0.2) is 22.7 Å². The molecular formula is C28H26ClN5O2. The average molecular weight is 500 g/mol. The second-order valence-corrected chi connectivity index (χ2v) is 9.03. The normalized spacial score (nSPS) is 15.9. The van der Waals surface area contributed by atoms with Crippen LogP contribution in [-0.2, 0) is 16.0 Å². The van der Waals surface area contributed by atoms with Crippen molar-refractivity contribution in [3.05, 3.63) is 94.5 Å². The highest BCUT2D eigenvalue weighted by atomic mass is 35.5. The molecule has 182 valence electrons. The zero-order valence-electron chi connectivity index (χ0n) is 19.9. The van der Waals surface area contributed by atoms with Gasteiger partial charge < -0.3 is 5.32 Å². The van der Waals surface area contributed by atoms with E-state index >= 15 is 0 Å². The molecule has 1 fully saturated rings. The van der Waals surface area contributed by atoms with Crippen molar-refractivity contribution >= 4 is 40.6 Å². The molecule has 1 atom stereocenters. The number of hydrogen-bond donors (Lipinski definition) is 2. The molecule has 1 aliphatic heterocycles. The number of carbonyl (C=O) groups excluding carboxylic acids is 2. The molecule has 8 heteroatoms. The van der Waals surface area contributed by atoms with Gasteiger partial charge in [-0.2, -0.15) is 5.26 Å². The van der Waals surface area contributed by atoms with Crippen LogP contribution in [0.25, 0.3) is 0 Å². The molecule has 36 heavy (non-hydrogen) atoms. The number of aliphatic imine (C=N–C) groups is 1. The standard InChI is InChI=1S/C28H26ClN5O2/c1-19-7-5-11-23(15-19)31-27(35)18-28(36)34-25(20-8-3-2-4-9-20)17-26(33-34)32-24-13-12-22(29)16-21(24)10-6-14-30/h2-5,7-9,11-13,15-16,25H,6,10,17-18H2,1H3,(H,31,35)(H,32,33). The predicted molar refractivity (Wildman–Crippen MR) is 141 cm³/mol. The number of hydrogen-bond acceptors (Lipinski definition) is 4. The van der Waals surface area contributed by atoms with Gasteiger partial charge in [-0.1, -0.05) is 54.1 Å². The third kappa shape index (κ3) is 6.29. The highest BCUT2D eigenvalue weighted by molar-refractivity contribution is 6.30. The summed E-state index contributed by atoms with van der Waals surface area (Å²) in [6.45, 7) is 1.94. The fraction of sp³-hybridized carbons (Fsp3) is 0.214. The Kier molecular flexibility index (Phi) is 7.99. The van der Waals surface area contributed by atoms with E-state index in [1.54, 1.807) is 24.3 Å². The summed E-state index contributed by atoms with van der Waals surface area (Å²) in [5, 5.41) is 13.8. The fourth-order valence-corrected chi connectivity index (χ4v) is 4.33. The van der Waals surface area contributed by atoms with E-state index in [4.69, 9.17) is 21.9 Å². The third-order valence-corrected chi connectivity index (χ3v) is 6.05. The van der Waals surface area contributed by atoms with Crippen LogP contribution >= 0.6 is 11.6 Å². The summed E-state index contributed by atoms with van der Waals surface area (Å²) in [7, 11) is 0. The van der Waals surface area contributed by atoms with Crippen molar-refractivity contribution < 1.29 is 9.59 Å². The van der Waals surface area contributed by atoms with Crippen LogP contribution in [0.3, 0.4) is 0 Å². The molecule has 0 spiro atoms. The van der Waals surface area contributed by atoms with Crippen molar-refractivity contribution in [2.45, 2.75) is 38.6 Å². The molecule has 1 heterocycles. The van der Waals surface area contributed by atoms with E-state index < -0.39 is 0 Å². The maximum atomic E-state index is 13.2. The quantitative estimate of drug-likeness (QED) is 0.411. The number of carbonyl (C=O) groups is 2. The number of amides is 2. The Morgan fingerprint density at radius 2 is 1.94 bits per heavy atom. The second-order valence-electron chi connectivity index (χ2n) is 8.59. The number of aryl methyl sites for hydroxylation is 2. The SMILES string of the molecule is Cc1cccc(NC(=O)CC(=O)N2NC(=Nc3ccc(Cl)cc3CCC#N)CC2c2ccccc2)c1. The first-order chi connectivity index (χ1) is 17.4. The summed E-state index contributed by atoms with van der Waals surface area (Å²) in [6.07, 6.45) is 1.01. The van der Waals surface area contributed by atoms with Gasteiger partial charge in [-0.15, -0.1) is 0 Å². The van der Waals surface area contributed by atoms with E-state index in [-0.39, 0.29) is 24.3 Å². The largest absolute Gasteiger partial charge is 0.326 e. The van der Waals surface area contributed by atoms with Gasteiger partial charge in [-0.05, 0) is 60.4 Å². The Balaban J connectivity index is 1.56. The first-order valence-electron chi connectivity index (χ1n) is 11.7. The Morgan fingerprint density at radius 1 is 1.14 bits per heavy atom. The second kappa shape index (κ2) is 11.5. The average Bonchev–Trinajstić information content (AvgIpc) is 3.29. The molecule has 2 N–H and O–H groups in total. The number of amidine groups is 1. The van der Waals surface area contributed by atoms with Crippen LogP contribution in [0.5, 0.6) is 0 Å². The minimum Gasteiger partial charge on any atom is -0.326 e. The Labute approximate surface area is 215 Å². The van der Waals surface area contributed by atoms with Crippen LogP contribution in [0.4, 0.5) is 11.4 Å². The lowest BCUT2D eigenvalue weighted by molar-refractivity contribution is -0.137. The van der Waals surface area contributed by atoms with Gasteiger partial charge in [0.2, 0.25) is 5.91 Å². The summed E-state index contributed by atoms with van der Waals surface area (Å²) in [5.41, 5.74) is 7.27. The summed E-state index contributed by atoms with van der Waals surface area (Å²) < 4.78 is 0. The van der Waals surface area contributed by atoms with Gasteiger partial charge >= 0.3 is 0 Å². The van der Waals surface area contributed by atoms with Crippen molar-refractivity contribution in [2.24, 2.45) is 4.99 Å². The molecular weight excluding hydrogens is 474 g/mol. The van der Waals surface area contributed by atoms with Gasteiger partial charge in [0.05, 0.1) is 17.8 Å². The molecule has 0 aliphatic carbocycles. The highest BCUT2D eigenvalue weighted by Crippen LogP contribution is 2.31. The number of hydrazine groups is 1. The number of nitriles is 1. The molecule has 0 bridgehead atoms.